The Kier molecular flexibility index (Phi) is 5.58. The first-order valence-electron chi connectivity index (χ1n) is 7.05. The molecule has 1 aliphatic heterocycles. The summed E-state index contributed by atoms with van der Waals surface area (Å²) in [7, 11) is -2.83. The Bertz CT molecular complexity index is 569. The normalized spacial score (nSPS) is 18.3. The van der Waals surface area contributed by atoms with Gasteiger partial charge in [0.25, 0.3) is 0 Å². The second-order valence-electron chi connectivity index (χ2n) is 5.02. The number of hydrogen-bond acceptors (Lipinski definition) is 7. The molecule has 1 fully saturated rings. The van der Waals surface area contributed by atoms with Crippen LogP contribution in [-0.2, 0) is 25.8 Å². The molecule has 6 nitrogen and oxygen atoms in total. The molecule has 118 valence electrons. The molecule has 1 aromatic heterocycles. The zero-order valence-corrected chi connectivity index (χ0v) is 13.6. The van der Waals surface area contributed by atoms with E-state index in [2.05, 4.69) is 10.3 Å². The van der Waals surface area contributed by atoms with Gasteiger partial charge in [-0.1, -0.05) is 0 Å². The van der Waals surface area contributed by atoms with E-state index < -0.39 is 9.84 Å². The van der Waals surface area contributed by atoms with Crippen LogP contribution in [0.1, 0.15) is 31.9 Å². The van der Waals surface area contributed by atoms with Crippen molar-refractivity contribution in [1.82, 2.24) is 4.98 Å². The molecule has 0 aromatic carbocycles. The number of aromatic nitrogens is 1. The molecule has 21 heavy (non-hydrogen) atoms. The van der Waals surface area contributed by atoms with Gasteiger partial charge in [-0.25, -0.2) is 13.4 Å². The van der Waals surface area contributed by atoms with Crippen molar-refractivity contribution in [3.8, 4) is 0 Å². The van der Waals surface area contributed by atoms with E-state index in [0.717, 1.165) is 10.8 Å². The van der Waals surface area contributed by atoms with Crippen LogP contribution in [-0.4, -0.2) is 43.5 Å². The van der Waals surface area contributed by atoms with Crippen LogP contribution in [0.2, 0.25) is 0 Å². The number of sulfone groups is 1. The van der Waals surface area contributed by atoms with Crippen molar-refractivity contribution in [3.63, 3.8) is 0 Å². The summed E-state index contributed by atoms with van der Waals surface area (Å²) >= 11 is 1.48. The summed E-state index contributed by atoms with van der Waals surface area (Å²) in [4.78, 5) is 15.7. The van der Waals surface area contributed by atoms with Gasteiger partial charge >= 0.3 is 5.97 Å². The summed E-state index contributed by atoms with van der Waals surface area (Å²) in [5, 5.41) is 5.99. The molecule has 0 aliphatic carbocycles. The van der Waals surface area contributed by atoms with Gasteiger partial charge < -0.3 is 10.1 Å². The molecule has 0 bridgehead atoms. The van der Waals surface area contributed by atoms with Crippen LogP contribution in [0.25, 0.3) is 0 Å². The van der Waals surface area contributed by atoms with Crippen molar-refractivity contribution in [2.75, 3.05) is 23.4 Å². The van der Waals surface area contributed by atoms with Crippen LogP contribution in [0.3, 0.4) is 0 Å². The third kappa shape index (κ3) is 5.28. The van der Waals surface area contributed by atoms with E-state index >= 15 is 0 Å². The first-order chi connectivity index (χ1) is 9.98. The summed E-state index contributed by atoms with van der Waals surface area (Å²) in [6.45, 7) is 2.18. The van der Waals surface area contributed by atoms with Crippen molar-refractivity contribution in [2.24, 2.45) is 0 Å². The zero-order valence-electron chi connectivity index (χ0n) is 12.0. The molecule has 8 heteroatoms. The molecule has 0 saturated carbocycles. The summed E-state index contributed by atoms with van der Waals surface area (Å²) in [6, 6.07) is 0.164. The lowest BCUT2D eigenvalue weighted by Gasteiger charge is -2.22. The number of thiazole rings is 1. The van der Waals surface area contributed by atoms with Crippen LogP contribution in [0.5, 0.6) is 0 Å². The fraction of sp³-hybridized carbons (Fsp3) is 0.692. The van der Waals surface area contributed by atoms with Crippen LogP contribution in [0.15, 0.2) is 5.38 Å². The summed E-state index contributed by atoms with van der Waals surface area (Å²) in [6.07, 6.45) is 2.15. The summed E-state index contributed by atoms with van der Waals surface area (Å²) < 4.78 is 27.6. The number of esters is 1. The van der Waals surface area contributed by atoms with E-state index in [0.29, 0.717) is 32.3 Å². The van der Waals surface area contributed by atoms with Gasteiger partial charge in [-0.3, -0.25) is 4.79 Å². The number of rotatable bonds is 6. The number of carbonyl (C=O) groups is 1. The second-order valence-corrected chi connectivity index (χ2v) is 8.18. The Morgan fingerprint density at radius 3 is 2.86 bits per heavy atom. The molecular formula is C13H20N2O4S2. The zero-order chi connectivity index (χ0) is 15.3. The summed E-state index contributed by atoms with van der Waals surface area (Å²) in [5.74, 6) is 0.273. The fourth-order valence-corrected chi connectivity index (χ4v) is 4.47. The highest BCUT2D eigenvalue weighted by Gasteiger charge is 2.23. The molecule has 0 unspecified atom stereocenters. The van der Waals surface area contributed by atoms with Crippen molar-refractivity contribution >= 4 is 32.3 Å². The van der Waals surface area contributed by atoms with Crippen LogP contribution >= 0.6 is 11.3 Å². The second kappa shape index (κ2) is 7.22. The predicted octanol–water partition coefficient (Wildman–Crippen LogP) is 1.63. The first kappa shape index (κ1) is 16.2. The topological polar surface area (TPSA) is 85.4 Å². The van der Waals surface area contributed by atoms with Gasteiger partial charge in [0.2, 0.25) is 0 Å². The number of carbonyl (C=O) groups excluding carboxylic acids is 1. The number of nitrogens with zero attached hydrogens (tertiary/aromatic N) is 1. The van der Waals surface area contributed by atoms with Gasteiger partial charge in [0.1, 0.15) is 9.84 Å². The highest BCUT2D eigenvalue weighted by Crippen LogP contribution is 2.21. The van der Waals surface area contributed by atoms with Crippen molar-refractivity contribution in [1.29, 1.82) is 0 Å². The lowest BCUT2D eigenvalue weighted by Crippen LogP contribution is -2.32. The number of anilines is 1. The fourth-order valence-electron chi connectivity index (χ4n) is 2.16. The molecule has 2 rings (SSSR count). The number of aryl methyl sites for hydroxylation is 1. The SMILES string of the molecule is CCOC(=O)CCc1csc(NC2CCS(=O)(=O)CC2)n1. The predicted molar refractivity (Wildman–Crippen MR) is 82.4 cm³/mol. The quantitative estimate of drug-likeness (QED) is 0.797. The average molecular weight is 332 g/mol. The first-order valence-corrected chi connectivity index (χ1v) is 9.75. The lowest BCUT2D eigenvalue weighted by molar-refractivity contribution is -0.143. The Labute approximate surface area is 128 Å². The Morgan fingerprint density at radius 2 is 2.19 bits per heavy atom. The van der Waals surface area contributed by atoms with Crippen molar-refractivity contribution < 1.29 is 17.9 Å². The Morgan fingerprint density at radius 1 is 1.48 bits per heavy atom. The maximum atomic E-state index is 11.4. The number of hydrogen-bond donors (Lipinski definition) is 1. The monoisotopic (exact) mass is 332 g/mol. The molecule has 1 N–H and O–H groups in total. The van der Waals surface area contributed by atoms with Gasteiger partial charge in [-0.05, 0) is 19.8 Å². The lowest BCUT2D eigenvalue weighted by atomic mass is 10.2. The van der Waals surface area contributed by atoms with Crippen LogP contribution in [0, 0.1) is 0 Å². The minimum atomic E-state index is -2.83. The molecule has 1 aliphatic rings. The minimum Gasteiger partial charge on any atom is -0.466 e. The molecular weight excluding hydrogens is 312 g/mol. The van der Waals surface area contributed by atoms with Crippen LogP contribution < -0.4 is 5.32 Å². The van der Waals surface area contributed by atoms with E-state index in [1.165, 1.54) is 11.3 Å². The largest absolute Gasteiger partial charge is 0.466 e. The Balaban J connectivity index is 1.79. The number of nitrogens with one attached hydrogen (secondary N) is 1. The minimum absolute atomic E-state index is 0.164. The molecule has 0 radical (unpaired) electrons. The van der Waals surface area contributed by atoms with E-state index in [-0.39, 0.29) is 23.5 Å². The van der Waals surface area contributed by atoms with Gasteiger partial charge in [-0.2, -0.15) is 0 Å². The maximum absolute atomic E-state index is 11.4. The third-order valence-corrected chi connectivity index (χ3v) is 5.86. The van der Waals surface area contributed by atoms with Crippen LogP contribution in [0.4, 0.5) is 5.13 Å². The summed E-state index contributed by atoms with van der Waals surface area (Å²) in [5.41, 5.74) is 0.860. The van der Waals surface area contributed by atoms with E-state index in [1.807, 2.05) is 5.38 Å². The maximum Gasteiger partial charge on any atom is 0.306 e. The molecule has 1 saturated heterocycles. The molecule has 0 spiro atoms. The van der Waals surface area contributed by atoms with E-state index in [9.17, 15) is 13.2 Å². The molecule has 1 aromatic rings. The smallest absolute Gasteiger partial charge is 0.306 e. The highest BCUT2D eigenvalue weighted by molar-refractivity contribution is 7.91. The highest BCUT2D eigenvalue weighted by atomic mass is 32.2. The number of ether oxygens (including phenoxy) is 1. The Hall–Kier alpha value is -1.15. The third-order valence-electron chi connectivity index (χ3n) is 3.32. The molecule has 0 amide bonds. The van der Waals surface area contributed by atoms with Crippen molar-refractivity contribution in [3.05, 3.63) is 11.1 Å². The van der Waals surface area contributed by atoms with E-state index in [4.69, 9.17) is 4.74 Å². The standard InChI is InChI=1S/C13H20N2O4S2/c1-2-19-12(16)4-3-11-9-20-13(15-11)14-10-5-7-21(17,18)8-6-10/h9-10H,2-8H2,1H3,(H,14,15). The van der Waals surface area contributed by atoms with Gasteiger partial charge in [-0.15, -0.1) is 11.3 Å². The molecule has 2 heterocycles. The van der Waals surface area contributed by atoms with E-state index in [1.54, 1.807) is 6.92 Å². The van der Waals surface area contributed by atoms with Gasteiger partial charge in [0.15, 0.2) is 5.13 Å². The van der Waals surface area contributed by atoms with Gasteiger partial charge in [0.05, 0.1) is 30.2 Å². The van der Waals surface area contributed by atoms with Crippen molar-refractivity contribution in [2.45, 2.75) is 38.6 Å². The molecule has 0 atom stereocenters. The average Bonchev–Trinajstić information content (AvgIpc) is 2.87. The van der Waals surface area contributed by atoms with Gasteiger partial charge in [0, 0.05) is 17.8 Å².